The summed E-state index contributed by atoms with van der Waals surface area (Å²) in [7, 11) is 0. The van der Waals surface area contributed by atoms with Crippen LogP contribution in [-0.4, -0.2) is 21.8 Å². The Balaban J connectivity index is 2.19. The highest BCUT2D eigenvalue weighted by molar-refractivity contribution is 5.68. The number of alkyl carbamates (subject to hydrolysis) is 1. The van der Waals surface area contributed by atoms with E-state index < -0.39 is 17.7 Å². The number of halogens is 1. The summed E-state index contributed by atoms with van der Waals surface area (Å²) >= 11 is 0. The minimum atomic E-state index is -0.604. The van der Waals surface area contributed by atoms with Gasteiger partial charge in [0, 0.05) is 5.56 Å². The molecule has 0 saturated heterocycles. The number of ether oxygens (including phenoxy) is 1. The molecule has 2 rings (SSSR count). The number of aromatic nitrogens is 2. The second-order valence-corrected chi connectivity index (χ2v) is 6.83. The highest BCUT2D eigenvalue weighted by atomic mass is 19.1. The minimum absolute atomic E-state index is 0.00155. The lowest BCUT2D eigenvalue weighted by Crippen LogP contribution is -2.37. The van der Waals surface area contributed by atoms with Crippen molar-refractivity contribution in [3.8, 4) is 11.4 Å². The van der Waals surface area contributed by atoms with Crippen molar-refractivity contribution in [2.75, 3.05) is 0 Å². The molecular formula is C17H22FN3O3. The zero-order valence-electron chi connectivity index (χ0n) is 14.5. The molecule has 0 aliphatic heterocycles. The van der Waals surface area contributed by atoms with Crippen LogP contribution >= 0.6 is 0 Å². The van der Waals surface area contributed by atoms with E-state index in [0.717, 1.165) is 0 Å². The maximum absolute atomic E-state index is 13.3. The molecule has 0 radical (unpaired) electrons. The first-order chi connectivity index (χ1) is 11.2. The van der Waals surface area contributed by atoms with Crippen molar-refractivity contribution in [1.82, 2.24) is 15.5 Å². The van der Waals surface area contributed by atoms with Crippen LogP contribution in [0.1, 0.15) is 46.6 Å². The predicted octanol–water partition coefficient (Wildman–Crippen LogP) is 4.10. The Labute approximate surface area is 140 Å². The summed E-state index contributed by atoms with van der Waals surface area (Å²) in [5.41, 5.74) is -0.0996. The van der Waals surface area contributed by atoms with Crippen LogP contribution in [0.15, 0.2) is 28.8 Å². The first kappa shape index (κ1) is 17.9. The van der Waals surface area contributed by atoms with Gasteiger partial charge in [-0.1, -0.05) is 31.1 Å². The Morgan fingerprint density at radius 2 is 2.04 bits per heavy atom. The molecule has 1 amide bonds. The SMILES string of the molecule is CC(C)C(NC(=O)OC(C)(C)C)c1nc(-c2cccc(F)c2)no1. The van der Waals surface area contributed by atoms with Crippen molar-refractivity contribution in [3.05, 3.63) is 36.0 Å². The van der Waals surface area contributed by atoms with Crippen LogP contribution in [0.3, 0.4) is 0 Å². The van der Waals surface area contributed by atoms with Gasteiger partial charge in [-0.05, 0) is 38.8 Å². The number of hydrogen-bond donors (Lipinski definition) is 1. The molecule has 1 aromatic carbocycles. The second-order valence-electron chi connectivity index (χ2n) is 6.83. The minimum Gasteiger partial charge on any atom is -0.444 e. The summed E-state index contributed by atoms with van der Waals surface area (Å²) in [6.45, 7) is 9.17. The summed E-state index contributed by atoms with van der Waals surface area (Å²) < 4.78 is 23.8. The average molecular weight is 335 g/mol. The molecule has 1 heterocycles. The Hall–Kier alpha value is -2.44. The van der Waals surface area contributed by atoms with Crippen LogP contribution in [-0.2, 0) is 4.74 Å². The number of hydrogen-bond acceptors (Lipinski definition) is 5. The molecule has 0 saturated carbocycles. The van der Waals surface area contributed by atoms with Crippen molar-refractivity contribution in [2.24, 2.45) is 5.92 Å². The molecular weight excluding hydrogens is 313 g/mol. The van der Waals surface area contributed by atoms with E-state index in [-0.39, 0.29) is 23.5 Å². The van der Waals surface area contributed by atoms with E-state index in [1.807, 2.05) is 13.8 Å². The lowest BCUT2D eigenvalue weighted by molar-refractivity contribution is 0.0476. The van der Waals surface area contributed by atoms with Crippen molar-refractivity contribution >= 4 is 6.09 Å². The molecule has 2 aromatic rings. The van der Waals surface area contributed by atoms with Gasteiger partial charge >= 0.3 is 6.09 Å². The van der Waals surface area contributed by atoms with Gasteiger partial charge in [0.05, 0.1) is 0 Å². The van der Waals surface area contributed by atoms with Crippen LogP contribution in [0.25, 0.3) is 11.4 Å². The number of amides is 1. The van der Waals surface area contributed by atoms with Crippen molar-refractivity contribution < 1.29 is 18.4 Å². The van der Waals surface area contributed by atoms with E-state index in [2.05, 4.69) is 15.5 Å². The molecule has 7 heteroatoms. The van der Waals surface area contributed by atoms with Gasteiger partial charge in [0.2, 0.25) is 11.7 Å². The van der Waals surface area contributed by atoms with Gasteiger partial charge in [-0.25, -0.2) is 9.18 Å². The van der Waals surface area contributed by atoms with Gasteiger partial charge in [-0.15, -0.1) is 0 Å². The lowest BCUT2D eigenvalue weighted by atomic mass is 10.0. The molecule has 1 aromatic heterocycles. The lowest BCUT2D eigenvalue weighted by Gasteiger charge is -2.23. The number of nitrogens with one attached hydrogen (secondary N) is 1. The van der Waals surface area contributed by atoms with Gasteiger partial charge < -0.3 is 14.6 Å². The molecule has 6 nitrogen and oxygen atoms in total. The standard InChI is InChI=1S/C17H22FN3O3/c1-10(2)13(19-16(22)23-17(3,4)5)15-20-14(21-24-15)11-7-6-8-12(18)9-11/h6-10,13H,1-5H3,(H,19,22). The third-order valence-electron chi connectivity index (χ3n) is 3.13. The Kier molecular flexibility index (Phi) is 5.21. The summed E-state index contributed by atoms with van der Waals surface area (Å²) in [5, 5.41) is 6.60. The molecule has 1 N–H and O–H groups in total. The van der Waals surface area contributed by atoms with Gasteiger partial charge in [0.1, 0.15) is 17.5 Å². The summed E-state index contributed by atoms with van der Waals surface area (Å²) in [4.78, 5) is 16.3. The quantitative estimate of drug-likeness (QED) is 0.910. The topological polar surface area (TPSA) is 77.2 Å². The molecule has 0 aliphatic rings. The van der Waals surface area contributed by atoms with Gasteiger partial charge in [0.25, 0.3) is 0 Å². The third kappa shape index (κ3) is 4.78. The third-order valence-corrected chi connectivity index (χ3v) is 3.13. The Morgan fingerprint density at radius 3 is 2.62 bits per heavy atom. The fourth-order valence-corrected chi connectivity index (χ4v) is 2.05. The maximum Gasteiger partial charge on any atom is 0.408 e. The maximum atomic E-state index is 13.3. The molecule has 0 fully saturated rings. The van der Waals surface area contributed by atoms with Crippen LogP contribution < -0.4 is 5.32 Å². The molecule has 0 bridgehead atoms. The number of carbonyl (C=O) groups excluding carboxylic acids is 1. The molecule has 0 aliphatic carbocycles. The zero-order valence-corrected chi connectivity index (χ0v) is 14.5. The summed E-state index contributed by atoms with van der Waals surface area (Å²) in [5.74, 6) is 0.126. The van der Waals surface area contributed by atoms with Crippen LogP contribution in [0.5, 0.6) is 0 Å². The smallest absolute Gasteiger partial charge is 0.408 e. The molecule has 130 valence electrons. The number of carbonyl (C=O) groups is 1. The second kappa shape index (κ2) is 6.98. The van der Waals surface area contributed by atoms with Crippen LogP contribution in [0.4, 0.5) is 9.18 Å². The number of nitrogens with zero attached hydrogens (tertiary/aromatic N) is 2. The van der Waals surface area contributed by atoms with Crippen molar-refractivity contribution in [2.45, 2.75) is 46.3 Å². The molecule has 1 atom stereocenters. The first-order valence-corrected chi connectivity index (χ1v) is 7.75. The highest BCUT2D eigenvalue weighted by Gasteiger charge is 2.27. The van der Waals surface area contributed by atoms with E-state index in [0.29, 0.717) is 5.56 Å². The Bertz CT molecular complexity index is 707. The highest BCUT2D eigenvalue weighted by Crippen LogP contribution is 2.24. The Morgan fingerprint density at radius 1 is 1.33 bits per heavy atom. The van der Waals surface area contributed by atoms with Gasteiger partial charge in [-0.3, -0.25) is 0 Å². The van der Waals surface area contributed by atoms with Crippen molar-refractivity contribution in [3.63, 3.8) is 0 Å². The van der Waals surface area contributed by atoms with Gasteiger partial charge in [-0.2, -0.15) is 4.98 Å². The molecule has 1 unspecified atom stereocenters. The fraction of sp³-hybridized carbons (Fsp3) is 0.471. The van der Waals surface area contributed by atoms with E-state index in [1.54, 1.807) is 32.9 Å². The predicted molar refractivity (Wildman–Crippen MR) is 86.6 cm³/mol. The first-order valence-electron chi connectivity index (χ1n) is 7.75. The number of benzene rings is 1. The summed E-state index contributed by atoms with van der Waals surface area (Å²) in [6.07, 6.45) is -0.563. The monoisotopic (exact) mass is 335 g/mol. The van der Waals surface area contributed by atoms with E-state index in [4.69, 9.17) is 9.26 Å². The number of rotatable bonds is 4. The van der Waals surface area contributed by atoms with E-state index in [1.165, 1.54) is 12.1 Å². The van der Waals surface area contributed by atoms with E-state index >= 15 is 0 Å². The molecule has 24 heavy (non-hydrogen) atoms. The molecule has 0 spiro atoms. The van der Waals surface area contributed by atoms with Crippen LogP contribution in [0, 0.1) is 11.7 Å². The normalized spacial score (nSPS) is 13.0. The van der Waals surface area contributed by atoms with E-state index in [9.17, 15) is 9.18 Å². The average Bonchev–Trinajstić information content (AvgIpc) is 2.92. The summed E-state index contributed by atoms with van der Waals surface area (Å²) in [6, 6.07) is 5.41. The van der Waals surface area contributed by atoms with Gasteiger partial charge in [0.15, 0.2) is 0 Å². The zero-order chi connectivity index (χ0) is 17.9. The largest absolute Gasteiger partial charge is 0.444 e. The fourth-order valence-electron chi connectivity index (χ4n) is 2.05. The van der Waals surface area contributed by atoms with Crippen LogP contribution in [0.2, 0.25) is 0 Å². The van der Waals surface area contributed by atoms with Crippen molar-refractivity contribution in [1.29, 1.82) is 0 Å².